The van der Waals surface area contributed by atoms with Gasteiger partial charge in [0.1, 0.15) is 6.04 Å². The van der Waals surface area contributed by atoms with E-state index in [1.54, 1.807) is 0 Å². The molecule has 1 unspecified atom stereocenters. The number of nitrogens with zero attached hydrogens (tertiary/aromatic N) is 1. The van der Waals surface area contributed by atoms with Crippen molar-refractivity contribution in [3.8, 4) is 6.07 Å². The van der Waals surface area contributed by atoms with Gasteiger partial charge in [0.05, 0.1) is 6.07 Å². The van der Waals surface area contributed by atoms with Crippen LogP contribution in [0.2, 0.25) is 0 Å². The van der Waals surface area contributed by atoms with Crippen LogP contribution < -0.4 is 5.32 Å². The Hall–Kier alpha value is -1.47. The SMILES string of the molecule is N#CC(NC1CCCC1)c1cccc(F)c1F. The van der Waals surface area contributed by atoms with Crippen molar-refractivity contribution in [3.05, 3.63) is 35.4 Å². The first-order valence-corrected chi connectivity index (χ1v) is 5.82. The molecule has 2 rings (SSSR count). The maximum absolute atomic E-state index is 13.5. The summed E-state index contributed by atoms with van der Waals surface area (Å²) in [4.78, 5) is 0. The van der Waals surface area contributed by atoms with E-state index < -0.39 is 17.7 Å². The molecular weight excluding hydrogens is 222 g/mol. The lowest BCUT2D eigenvalue weighted by molar-refractivity contribution is 0.455. The van der Waals surface area contributed by atoms with Gasteiger partial charge >= 0.3 is 0 Å². The van der Waals surface area contributed by atoms with Gasteiger partial charge in [0, 0.05) is 11.6 Å². The van der Waals surface area contributed by atoms with E-state index in [9.17, 15) is 8.78 Å². The van der Waals surface area contributed by atoms with Gasteiger partial charge < -0.3 is 0 Å². The third kappa shape index (κ3) is 2.62. The van der Waals surface area contributed by atoms with Crippen LogP contribution in [0.1, 0.15) is 37.3 Å². The summed E-state index contributed by atoms with van der Waals surface area (Å²) in [7, 11) is 0. The fraction of sp³-hybridized carbons (Fsp3) is 0.462. The van der Waals surface area contributed by atoms with Gasteiger partial charge in [-0.05, 0) is 18.9 Å². The predicted octanol–water partition coefficient (Wildman–Crippen LogP) is 3.06. The highest BCUT2D eigenvalue weighted by molar-refractivity contribution is 5.27. The number of hydrogen-bond donors (Lipinski definition) is 1. The molecule has 0 aromatic heterocycles. The summed E-state index contributed by atoms with van der Waals surface area (Å²) in [5.41, 5.74) is 0.0967. The number of rotatable bonds is 3. The quantitative estimate of drug-likeness (QED) is 0.875. The van der Waals surface area contributed by atoms with Crippen LogP contribution in [0.4, 0.5) is 8.78 Å². The van der Waals surface area contributed by atoms with Crippen LogP contribution in [0.3, 0.4) is 0 Å². The zero-order valence-corrected chi connectivity index (χ0v) is 9.42. The molecule has 1 aromatic carbocycles. The smallest absolute Gasteiger partial charge is 0.164 e. The maximum atomic E-state index is 13.5. The highest BCUT2D eigenvalue weighted by atomic mass is 19.2. The minimum Gasteiger partial charge on any atom is -0.295 e. The van der Waals surface area contributed by atoms with Crippen molar-refractivity contribution < 1.29 is 8.78 Å². The third-order valence-corrected chi connectivity index (χ3v) is 3.18. The standard InChI is InChI=1S/C13H14F2N2/c14-11-7-3-6-10(13(11)15)12(8-16)17-9-4-1-2-5-9/h3,6-7,9,12,17H,1-2,4-5H2. The topological polar surface area (TPSA) is 35.8 Å². The molecule has 90 valence electrons. The van der Waals surface area contributed by atoms with Gasteiger partial charge in [0.25, 0.3) is 0 Å². The summed E-state index contributed by atoms with van der Waals surface area (Å²) in [6.07, 6.45) is 4.24. The molecule has 4 heteroatoms. The Morgan fingerprint density at radius 2 is 2.00 bits per heavy atom. The van der Waals surface area contributed by atoms with Crippen molar-refractivity contribution in [3.63, 3.8) is 0 Å². The van der Waals surface area contributed by atoms with E-state index in [0.29, 0.717) is 0 Å². The molecule has 1 fully saturated rings. The molecule has 0 heterocycles. The van der Waals surface area contributed by atoms with Crippen LogP contribution in [-0.2, 0) is 0 Å². The molecule has 1 atom stereocenters. The van der Waals surface area contributed by atoms with E-state index in [2.05, 4.69) is 5.32 Å². The Kier molecular flexibility index (Phi) is 3.70. The van der Waals surface area contributed by atoms with Crippen molar-refractivity contribution in [2.75, 3.05) is 0 Å². The lowest BCUT2D eigenvalue weighted by atomic mass is 10.1. The third-order valence-electron chi connectivity index (χ3n) is 3.18. The molecule has 1 saturated carbocycles. The fourth-order valence-electron chi connectivity index (χ4n) is 2.27. The van der Waals surface area contributed by atoms with E-state index >= 15 is 0 Å². The van der Waals surface area contributed by atoms with Crippen LogP contribution in [0.5, 0.6) is 0 Å². The number of halogens is 2. The Balaban J connectivity index is 2.17. The number of nitriles is 1. The van der Waals surface area contributed by atoms with Crippen molar-refractivity contribution in [1.82, 2.24) is 5.32 Å². The van der Waals surface area contributed by atoms with E-state index in [4.69, 9.17) is 5.26 Å². The number of benzene rings is 1. The molecule has 0 amide bonds. The van der Waals surface area contributed by atoms with Crippen LogP contribution in [0.25, 0.3) is 0 Å². The first kappa shape index (κ1) is 12.0. The van der Waals surface area contributed by atoms with Crippen molar-refractivity contribution in [1.29, 1.82) is 5.26 Å². The summed E-state index contributed by atoms with van der Waals surface area (Å²) >= 11 is 0. The molecule has 2 nitrogen and oxygen atoms in total. The van der Waals surface area contributed by atoms with Crippen molar-refractivity contribution >= 4 is 0 Å². The monoisotopic (exact) mass is 236 g/mol. The minimum atomic E-state index is -0.926. The second kappa shape index (κ2) is 5.24. The summed E-state index contributed by atoms with van der Waals surface area (Å²) in [6, 6.07) is 5.40. The molecule has 0 bridgehead atoms. The Morgan fingerprint density at radius 1 is 1.29 bits per heavy atom. The predicted molar refractivity (Wildman–Crippen MR) is 60.1 cm³/mol. The Bertz CT molecular complexity index is 434. The highest BCUT2D eigenvalue weighted by Crippen LogP contribution is 2.24. The van der Waals surface area contributed by atoms with Crippen LogP contribution in [-0.4, -0.2) is 6.04 Å². The van der Waals surface area contributed by atoms with Gasteiger partial charge in [-0.15, -0.1) is 0 Å². The zero-order valence-electron chi connectivity index (χ0n) is 9.42. The molecule has 1 aliphatic carbocycles. The molecule has 1 aromatic rings. The highest BCUT2D eigenvalue weighted by Gasteiger charge is 2.23. The summed E-state index contributed by atoms with van der Waals surface area (Å²) < 4.78 is 26.6. The Labute approximate surface area is 99.3 Å². The molecule has 0 radical (unpaired) electrons. The second-order valence-electron chi connectivity index (χ2n) is 4.35. The van der Waals surface area contributed by atoms with Gasteiger partial charge in [0.15, 0.2) is 11.6 Å². The average molecular weight is 236 g/mol. The van der Waals surface area contributed by atoms with Gasteiger partial charge in [-0.2, -0.15) is 5.26 Å². The van der Waals surface area contributed by atoms with Gasteiger partial charge in [-0.1, -0.05) is 25.0 Å². The van der Waals surface area contributed by atoms with E-state index in [1.807, 2.05) is 6.07 Å². The van der Waals surface area contributed by atoms with Crippen LogP contribution in [0, 0.1) is 23.0 Å². The van der Waals surface area contributed by atoms with Gasteiger partial charge in [0.2, 0.25) is 0 Å². The summed E-state index contributed by atoms with van der Waals surface area (Å²) in [5, 5.41) is 12.1. The van der Waals surface area contributed by atoms with Gasteiger partial charge in [-0.25, -0.2) is 8.78 Å². The molecular formula is C13H14F2N2. The second-order valence-corrected chi connectivity index (χ2v) is 4.35. The van der Waals surface area contributed by atoms with Crippen LogP contribution in [0.15, 0.2) is 18.2 Å². The van der Waals surface area contributed by atoms with Crippen molar-refractivity contribution in [2.45, 2.75) is 37.8 Å². The molecule has 1 N–H and O–H groups in total. The van der Waals surface area contributed by atoms with E-state index in [0.717, 1.165) is 31.7 Å². The fourth-order valence-corrected chi connectivity index (χ4v) is 2.27. The molecule has 0 spiro atoms. The van der Waals surface area contributed by atoms with Gasteiger partial charge in [-0.3, -0.25) is 5.32 Å². The zero-order chi connectivity index (χ0) is 12.3. The lowest BCUT2D eigenvalue weighted by Crippen LogP contribution is -2.30. The average Bonchev–Trinajstić information content (AvgIpc) is 2.83. The molecule has 1 aliphatic rings. The van der Waals surface area contributed by atoms with Crippen LogP contribution >= 0.6 is 0 Å². The first-order valence-electron chi connectivity index (χ1n) is 5.82. The van der Waals surface area contributed by atoms with E-state index in [-0.39, 0.29) is 11.6 Å². The lowest BCUT2D eigenvalue weighted by Gasteiger charge is -2.17. The number of nitrogens with one attached hydrogen (secondary N) is 1. The summed E-state index contributed by atoms with van der Waals surface area (Å²) in [6.45, 7) is 0. The normalized spacial score (nSPS) is 17.9. The minimum absolute atomic E-state index is 0.0967. The maximum Gasteiger partial charge on any atom is 0.164 e. The van der Waals surface area contributed by atoms with Crippen molar-refractivity contribution in [2.24, 2.45) is 0 Å². The largest absolute Gasteiger partial charge is 0.295 e. The number of hydrogen-bond acceptors (Lipinski definition) is 2. The Morgan fingerprint density at radius 3 is 2.65 bits per heavy atom. The molecule has 0 aliphatic heterocycles. The first-order chi connectivity index (χ1) is 8.22. The molecule has 17 heavy (non-hydrogen) atoms. The molecule has 0 saturated heterocycles. The summed E-state index contributed by atoms with van der Waals surface area (Å²) in [5.74, 6) is -1.83. The van der Waals surface area contributed by atoms with E-state index in [1.165, 1.54) is 12.1 Å².